The Balaban J connectivity index is 1.16. The van der Waals surface area contributed by atoms with Crippen LogP contribution in [0.5, 0.6) is 11.5 Å². The lowest BCUT2D eigenvalue weighted by Crippen LogP contribution is -2.24. The van der Waals surface area contributed by atoms with E-state index in [4.69, 9.17) is 33.2 Å². The number of hydrogen-bond acceptors (Lipinski definition) is 10. The normalized spacial score (nSPS) is 16.8. The van der Waals surface area contributed by atoms with Crippen LogP contribution < -0.4 is 41.4 Å². The van der Waals surface area contributed by atoms with E-state index >= 15 is 0 Å². The Kier molecular flexibility index (Phi) is 16.8. The van der Waals surface area contributed by atoms with Crippen molar-refractivity contribution in [2.24, 2.45) is 0 Å². The molecule has 0 unspecified atom stereocenters. The van der Waals surface area contributed by atoms with Crippen LogP contribution in [0.1, 0.15) is 0 Å². The highest BCUT2D eigenvalue weighted by molar-refractivity contribution is 6.08. The molecule has 3 aliphatic heterocycles. The largest absolute Gasteiger partial charge is 0.491 e. The number of fused-ring (bicyclic) bond motifs is 2. The Morgan fingerprint density at radius 2 is 0.564 bits per heavy atom. The summed E-state index contributed by atoms with van der Waals surface area (Å²) in [7, 11) is 0. The topological polar surface area (TPSA) is 188 Å². The maximum Gasteiger partial charge on any atom is 0.323 e. The van der Waals surface area contributed by atoms with E-state index in [-0.39, 0.29) is 0 Å². The molecular formula is C39H46N6O10. The summed E-state index contributed by atoms with van der Waals surface area (Å²) in [5, 5.41) is 16.5. The summed E-state index contributed by atoms with van der Waals surface area (Å²) < 4.78 is 39.1. The van der Waals surface area contributed by atoms with Gasteiger partial charge in [-0.25, -0.2) is 14.4 Å². The molecule has 55 heavy (non-hydrogen) atoms. The molecule has 3 heterocycles. The van der Waals surface area contributed by atoms with Crippen molar-refractivity contribution < 1.29 is 47.5 Å². The minimum atomic E-state index is -0.594. The minimum Gasteiger partial charge on any atom is -0.491 e. The van der Waals surface area contributed by atoms with Crippen LogP contribution in [0.3, 0.4) is 0 Å². The molecule has 6 N–H and O–H groups in total. The number of carbonyl (C=O) groups is 3. The summed E-state index contributed by atoms with van der Waals surface area (Å²) in [6, 6.07) is 25.6. The zero-order chi connectivity index (χ0) is 38.3. The zero-order valence-electron chi connectivity index (χ0n) is 30.3. The second-order valence-electron chi connectivity index (χ2n) is 11.6. The Hall–Kier alpha value is -5.91. The lowest BCUT2D eigenvalue weighted by Gasteiger charge is -2.16. The number of urea groups is 3. The first kappa shape index (κ1) is 40.3. The van der Waals surface area contributed by atoms with Gasteiger partial charge in [0.1, 0.15) is 24.7 Å². The lowest BCUT2D eigenvalue weighted by molar-refractivity contribution is -0.0141. The molecule has 0 aromatic heterocycles. The molecule has 0 radical (unpaired) electrons. The SMILES string of the molecule is O=C1Nc2ccc(cc2)OCCOCCOCCOCCOCCOCCOc2ccc(cc2)NC(=O)Nc2ccccc2NC(=O)Nc2ccccc2N1. The smallest absolute Gasteiger partial charge is 0.323 e. The van der Waals surface area contributed by atoms with Crippen LogP contribution in [-0.2, 0) is 23.7 Å². The Bertz CT molecular complexity index is 1650. The van der Waals surface area contributed by atoms with E-state index < -0.39 is 18.1 Å². The zero-order valence-corrected chi connectivity index (χ0v) is 30.3. The first-order chi connectivity index (χ1) is 27.0. The average Bonchev–Trinajstić information content (AvgIpc) is 3.18. The van der Waals surface area contributed by atoms with E-state index in [1.54, 1.807) is 97.1 Å². The number of amides is 6. The van der Waals surface area contributed by atoms with Gasteiger partial charge in [-0.1, -0.05) is 24.3 Å². The number of rotatable bonds is 0. The van der Waals surface area contributed by atoms with Crippen molar-refractivity contribution in [2.75, 3.05) is 111 Å². The van der Waals surface area contributed by atoms with E-state index in [0.29, 0.717) is 125 Å². The number of benzene rings is 4. The van der Waals surface area contributed by atoms with Gasteiger partial charge in [0.25, 0.3) is 0 Å². The number of anilines is 6. The van der Waals surface area contributed by atoms with E-state index in [2.05, 4.69) is 31.9 Å². The molecule has 0 saturated carbocycles. The van der Waals surface area contributed by atoms with Gasteiger partial charge in [-0.05, 0) is 72.8 Å². The van der Waals surface area contributed by atoms with Crippen LogP contribution in [0.4, 0.5) is 48.5 Å². The third kappa shape index (κ3) is 15.2. The minimum absolute atomic E-state index is 0.346. The summed E-state index contributed by atoms with van der Waals surface area (Å²) in [4.78, 5) is 38.8. The molecule has 0 atom stereocenters. The Morgan fingerprint density at radius 1 is 0.309 bits per heavy atom. The van der Waals surface area contributed by atoms with E-state index in [1.165, 1.54) is 0 Å². The fourth-order valence-electron chi connectivity index (χ4n) is 4.94. The predicted molar refractivity (Wildman–Crippen MR) is 209 cm³/mol. The first-order valence-electron chi connectivity index (χ1n) is 17.8. The molecule has 4 aromatic carbocycles. The second kappa shape index (κ2) is 23.0. The third-order valence-electron chi connectivity index (χ3n) is 7.55. The van der Waals surface area contributed by atoms with Gasteiger partial charge in [0.15, 0.2) is 0 Å². The summed E-state index contributed by atoms with van der Waals surface area (Å²) in [6.07, 6.45) is 0. The highest BCUT2D eigenvalue weighted by Crippen LogP contribution is 2.25. The molecule has 0 saturated heterocycles. The fourth-order valence-corrected chi connectivity index (χ4v) is 4.94. The molecule has 4 aromatic rings. The van der Waals surface area contributed by atoms with E-state index in [9.17, 15) is 14.4 Å². The van der Waals surface area contributed by atoms with Crippen molar-refractivity contribution in [1.82, 2.24) is 0 Å². The Morgan fingerprint density at radius 3 is 0.855 bits per heavy atom. The van der Waals surface area contributed by atoms with Crippen LogP contribution >= 0.6 is 0 Å². The van der Waals surface area contributed by atoms with Gasteiger partial charge in [-0.3, -0.25) is 0 Å². The number of ether oxygens (including phenoxy) is 7. The van der Waals surface area contributed by atoms with Crippen molar-refractivity contribution in [1.29, 1.82) is 0 Å². The van der Waals surface area contributed by atoms with Gasteiger partial charge < -0.3 is 65.1 Å². The molecule has 0 aliphatic carbocycles. The van der Waals surface area contributed by atoms with Gasteiger partial charge >= 0.3 is 18.1 Å². The molecule has 0 fully saturated rings. The molecule has 292 valence electrons. The van der Waals surface area contributed by atoms with Gasteiger partial charge in [0.05, 0.1) is 88.8 Å². The van der Waals surface area contributed by atoms with E-state index in [0.717, 1.165) is 0 Å². The highest BCUT2D eigenvalue weighted by atomic mass is 16.6. The average molecular weight is 759 g/mol. The van der Waals surface area contributed by atoms with Crippen LogP contribution in [0, 0.1) is 0 Å². The molecule has 0 spiro atoms. The third-order valence-corrected chi connectivity index (χ3v) is 7.55. The van der Waals surface area contributed by atoms with Crippen molar-refractivity contribution >= 4 is 52.2 Å². The van der Waals surface area contributed by atoms with Crippen LogP contribution in [0.25, 0.3) is 0 Å². The molecule has 3 aliphatic rings. The second-order valence-corrected chi connectivity index (χ2v) is 11.6. The van der Waals surface area contributed by atoms with Crippen molar-refractivity contribution in [3.63, 3.8) is 0 Å². The number of carbonyl (C=O) groups excluding carboxylic acids is 3. The van der Waals surface area contributed by atoms with Crippen molar-refractivity contribution in [3.05, 3.63) is 97.1 Å². The Labute approximate surface area is 319 Å². The summed E-state index contributed by atoms with van der Waals surface area (Å²) >= 11 is 0. The van der Waals surface area contributed by atoms with Crippen LogP contribution in [0.15, 0.2) is 97.1 Å². The maximum absolute atomic E-state index is 13.1. The molecule has 16 nitrogen and oxygen atoms in total. The summed E-state index contributed by atoms with van der Waals surface area (Å²) in [5.74, 6) is 1.23. The maximum atomic E-state index is 13.1. The van der Waals surface area contributed by atoms with Gasteiger partial charge in [0.2, 0.25) is 0 Å². The monoisotopic (exact) mass is 758 g/mol. The number of nitrogens with one attached hydrogen (secondary N) is 6. The van der Waals surface area contributed by atoms with Gasteiger partial charge in [0, 0.05) is 11.4 Å². The highest BCUT2D eigenvalue weighted by Gasteiger charge is 2.13. The number of para-hydroxylation sites is 4. The van der Waals surface area contributed by atoms with Gasteiger partial charge in [-0.15, -0.1) is 0 Å². The molecule has 6 amide bonds. The van der Waals surface area contributed by atoms with Crippen molar-refractivity contribution in [2.45, 2.75) is 0 Å². The molecule has 7 rings (SSSR count). The molecule has 16 heteroatoms. The summed E-state index contributed by atoms with van der Waals surface area (Å²) in [5.41, 5.74) is 2.48. The summed E-state index contributed by atoms with van der Waals surface area (Å²) in [6.45, 7) is 5.00. The fraction of sp³-hybridized carbons (Fsp3) is 0.308. The van der Waals surface area contributed by atoms with Crippen molar-refractivity contribution in [3.8, 4) is 11.5 Å². The van der Waals surface area contributed by atoms with Crippen LogP contribution in [0.2, 0.25) is 0 Å². The van der Waals surface area contributed by atoms with Gasteiger partial charge in [-0.2, -0.15) is 0 Å². The van der Waals surface area contributed by atoms with Crippen LogP contribution in [-0.4, -0.2) is 97.4 Å². The molecule has 4 bridgehead atoms. The van der Waals surface area contributed by atoms with E-state index in [1.807, 2.05) is 0 Å². The standard InChI is InChI=1S/C39H46N6O10/c46-37-40-29-9-13-31(14-10-29)54-27-25-52-23-21-50-19-17-49-18-20-51-22-24-53-26-28-55-32-15-11-30(12-16-32)41-38(47)43-34-6-2-4-8-36(34)45-39(48)44-35-7-3-1-5-33(35)42-37/h1-16H,17-28H2,(H2,40,42,46)(H2,41,43,47)(H2,44,45,48). The number of hydrogen-bond donors (Lipinski definition) is 6. The lowest BCUT2D eigenvalue weighted by atomic mass is 10.2. The predicted octanol–water partition coefficient (Wildman–Crippen LogP) is 6.47. The first-order valence-corrected chi connectivity index (χ1v) is 17.8. The quantitative estimate of drug-likeness (QED) is 0.116. The molecular weight excluding hydrogens is 712 g/mol.